The molecule has 3 unspecified atom stereocenters. The lowest BCUT2D eigenvalue weighted by atomic mass is 9.95. The number of halogens is 1. The lowest BCUT2D eigenvalue weighted by Crippen LogP contribution is -2.46. The van der Waals surface area contributed by atoms with E-state index in [0.717, 1.165) is 11.3 Å². The van der Waals surface area contributed by atoms with Crippen molar-refractivity contribution in [2.24, 2.45) is 10.9 Å². The molecule has 0 aliphatic carbocycles. The van der Waals surface area contributed by atoms with Gasteiger partial charge in [0.25, 0.3) is 5.91 Å². The number of carbonyl (C=O) groups is 3. The number of nitrogens with zero attached hydrogens (tertiary/aromatic N) is 4. The number of rotatable bonds is 11. The van der Waals surface area contributed by atoms with E-state index in [-0.39, 0.29) is 46.2 Å². The molecule has 3 rings (SSSR count). The number of thiazole rings is 1. The second-order valence-corrected chi connectivity index (χ2v) is 9.83. The summed E-state index contributed by atoms with van der Waals surface area (Å²) in [4.78, 5) is 54.1. The summed E-state index contributed by atoms with van der Waals surface area (Å²) in [5, 5.41) is 13.0. The normalized spacial score (nSPS) is 18.8. The lowest BCUT2D eigenvalue weighted by molar-refractivity contribution is 0.0346. The molecule has 37 heavy (non-hydrogen) atoms. The van der Waals surface area contributed by atoms with Crippen molar-refractivity contribution in [1.29, 1.82) is 0 Å². The number of carboxylic acid groups (broad SMARTS) is 1. The zero-order valence-electron chi connectivity index (χ0n) is 21.1. The third-order valence-corrected chi connectivity index (χ3v) is 7.17. The third-order valence-electron chi connectivity index (χ3n) is 5.75. The van der Waals surface area contributed by atoms with Crippen LogP contribution < -0.4 is 10.2 Å². The maximum absolute atomic E-state index is 12.7. The fraction of sp³-hybridized carbons (Fsp3) is 0.565. The van der Waals surface area contributed by atoms with Crippen LogP contribution in [0.2, 0.25) is 5.15 Å². The molecule has 14 heteroatoms. The largest absolute Gasteiger partial charge is 0.477 e. The number of aromatic nitrogens is 3. The molecule has 2 amide bonds. The van der Waals surface area contributed by atoms with Crippen molar-refractivity contribution >= 4 is 52.1 Å². The molecule has 3 N–H and O–H groups in total. The van der Waals surface area contributed by atoms with Gasteiger partial charge in [-0.2, -0.15) is 0 Å². The maximum atomic E-state index is 12.7. The van der Waals surface area contributed by atoms with Crippen LogP contribution in [0.3, 0.4) is 0 Å². The first-order valence-corrected chi connectivity index (χ1v) is 13.1. The molecule has 1 saturated heterocycles. The first-order chi connectivity index (χ1) is 17.7. The highest BCUT2D eigenvalue weighted by molar-refractivity contribution is 7.17. The van der Waals surface area contributed by atoms with E-state index in [4.69, 9.17) is 21.1 Å². The number of aromatic amines is 1. The van der Waals surface area contributed by atoms with Gasteiger partial charge in [0.05, 0.1) is 18.4 Å². The van der Waals surface area contributed by atoms with Crippen molar-refractivity contribution in [2.75, 3.05) is 38.3 Å². The first kappa shape index (κ1) is 28.7. The van der Waals surface area contributed by atoms with Gasteiger partial charge in [-0.15, -0.1) is 0 Å². The number of carbonyl (C=O) groups excluding carboxylic acids is 2. The number of H-pyrrole nitrogens is 1. The van der Waals surface area contributed by atoms with Gasteiger partial charge >= 0.3 is 11.9 Å². The number of aryl methyl sites for hydroxylation is 1. The molecule has 2 aromatic rings. The Balaban J connectivity index is 1.74. The minimum Gasteiger partial charge on any atom is -0.477 e. The van der Waals surface area contributed by atoms with Crippen molar-refractivity contribution < 1.29 is 29.0 Å². The molecule has 0 radical (unpaired) electrons. The van der Waals surface area contributed by atoms with Crippen molar-refractivity contribution in [3.8, 4) is 0 Å². The summed E-state index contributed by atoms with van der Waals surface area (Å²) in [6.07, 6.45) is 2.44. The second kappa shape index (κ2) is 13.1. The molecule has 0 aromatic carbocycles. The van der Waals surface area contributed by atoms with Gasteiger partial charge in [-0.1, -0.05) is 29.9 Å². The minimum absolute atomic E-state index is 0.0816. The smallest absolute Gasteiger partial charge is 0.348 e. The van der Waals surface area contributed by atoms with E-state index in [2.05, 4.69) is 25.3 Å². The summed E-state index contributed by atoms with van der Waals surface area (Å²) >= 11 is 6.96. The molecule has 0 bridgehead atoms. The highest BCUT2D eigenvalue weighted by Gasteiger charge is 2.33. The number of piperidine rings is 1. The Labute approximate surface area is 223 Å². The average Bonchev–Trinajstić information content (AvgIpc) is 3.47. The highest BCUT2D eigenvalue weighted by atomic mass is 35.5. The Morgan fingerprint density at radius 1 is 1.38 bits per heavy atom. The number of methoxy groups -OCH3 is 1. The SMILES string of the molecule is CCOC1CN(c2nc(C(=O)NC(C)COC)c(C(=O)O)s2)CCC1C=NC(=O)c1nc(Cl)c(CC)[nH]1. The molecule has 0 saturated carbocycles. The zero-order chi connectivity index (χ0) is 27.1. The molecule has 1 aliphatic heterocycles. The van der Waals surface area contributed by atoms with Gasteiger partial charge in [0.15, 0.2) is 21.8 Å². The number of nitrogens with one attached hydrogen (secondary N) is 2. The Morgan fingerprint density at radius 3 is 2.76 bits per heavy atom. The van der Waals surface area contributed by atoms with Gasteiger partial charge in [0.1, 0.15) is 4.88 Å². The topological polar surface area (TPSA) is 159 Å². The Morgan fingerprint density at radius 2 is 2.14 bits per heavy atom. The molecule has 0 spiro atoms. The van der Waals surface area contributed by atoms with E-state index in [1.54, 1.807) is 13.1 Å². The van der Waals surface area contributed by atoms with Gasteiger partial charge in [0, 0.05) is 45.0 Å². The van der Waals surface area contributed by atoms with Crippen LogP contribution in [0.25, 0.3) is 0 Å². The molecule has 202 valence electrons. The van der Waals surface area contributed by atoms with Crippen LogP contribution in [0.4, 0.5) is 5.13 Å². The zero-order valence-corrected chi connectivity index (χ0v) is 22.7. The van der Waals surface area contributed by atoms with E-state index in [1.807, 2.05) is 18.7 Å². The van der Waals surface area contributed by atoms with E-state index in [1.165, 1.54) is 7.11 Å². The third kappa shape index (κ3) is 7.12. The monoisotopic (exact) mass is 554 g/mol. The van der Waals surface area contributed by atoms with Gasteiger partial charge in [-0.05, 0) is 26.7 Å². The molecular formula is C23H31ClN6O6S. The predicted octanol–water partition coefficient (Wildman–Crippen LogP) is 2.69. The number of amides is 2. The van der Waals surface area contributed by atoms with Crippen molar-refractivity contribution in [1.82, 2.24) is 20.3 Å². The first-order valence-electron chi connectivity index (χ1n) is 11.9. The predicted molar refractivity (Wildman–Crippen MR) is 139 cm³/mol. The van der Waals surface area contributed by atoms with E-state index < -0.39 is 17.8 Å². The van der Waals surface area contributed by atoms with Crippen molar-refractivity contribution in [3.63, 3.8) is 0 Å². The molecule has 12 nitrogen and oxygen atoms in total. The van der Waals surface area contributed by atoms with Crippen LogP contribution in [0, 0.1) is 5.92 Å². The number of carboxylic acids is 1. The molecular weight excluding hydrogens is 524 g/mol. The van der Waals surface area contributed by atoms with Gasteiger partial charge in [-0.3, -0.25) is 9.59 Å². The Kier molecular flexibility index (Phi) is 10.1. The van der Waals surface area contributed by atoms with Crippen LogP contribution in [-0.2, 0) is 15.9 Å². The lowest BCUT2D eigenvalue weighted by Gasteiger charge is -2.36. The number of ether oxygens (including phenoxy) is 2. The fourth-order valence-electron chi connectivity index (χ4n) is 3.94. The quantitative estimate of drug-likeness (QED) is 0.355. The number of imidazole rings is 1. The number of aliphatic imine (C=N–C) groups is 1. The van der Waals surface area contributed by atoms with E-state index >= 15 is 0 Å². The van der Waals surface area contributed by atoms with E-state index in [9.17, 15) is 19.5 Å². The van der Waals surface area contributed by atoms with E-state index in [0.29, 0.717) is 43.4 Å². The number of hydrogen-bond donors (Lipinski definition) is 3. The maximum Gasteiger partial charge on any atom is 0.348 e. The number of aromatic carboxylic acids is 1. The Hall–Kier alpha value is -2.87. The summed E-state index contributed by atoms with van der Waals surface area (Å²) in [6.45, 7) is 7.14. The summed E-state index contributed by atoms with van der Waals surface area (Å²) in [7, 11) is 1.51. The number of anilines is 1. The van der Waals surface area contributed by atoms with Crippen LogP contribution in [0.15, 0.2) is 4.99 Å². The summed E-state index contributed by atoms with van der Waals surface area (Å²) < 4.78 is 10.9. The van der Waals surface area contributed by atoms with Crippen molar-refractivity contribution in [3.05, 3.63) is 27.2 Å². The second-order valence-electron chi connectivity index (χ2n) is 8.49. The van der Waals surface area contributed by atoms with Gasteiger partial charge < -0.3 is 29.8 Å². The molecule has 3 atom stereocenters. The van der Waals surface area contributed by atoms with Gasteiger partial charge in [0.2, 0.25) is 0 Å². The summed E-state index contributed by atoms with van der Waals surface area (Å²) in [6, 6.07) is -0.310. The average molecular weight is 555 g/mol. The molecule has 1 aliphatic rings. The summed E-state index contributed by atoms with van der Waals surface area (Å²) in [5.41, 5.74) is 0.535. The van der Waals surface area contributed by atoms with Crippen molar-refractivity contribution in [2.45, 2.75) is 45.8 Å². The van der Waals surface area contributed by atoms with Crippen LogP contribution in [-0.4, -0.2) is 89.6 Å². The summed E-state index contributed by atoms with van der Waals surface area (Å²) in [5.74, 6) is -2.40. The minimum atomic E-state index is -1.22. The molecule has 3 heterocycles. The van der Waals surface area contributed by atoms with Crippen LogP contribution >= 0.6 is 22.9 Å². The standard InChI is InChI=1S/C23H31ClN6O6S/c1-5-14-18(24)29-19(27-14)21(32)25-9-13-7-8-30(10-15(13)36-6-2)23-28-16(17(37-23)22(33)34)20(31)26-12(3)11-35-4/h9,12-13,15H,5-8,10-11H2,1-4H3,(H,26,31)(H,27,29)(H,33,34). The fourth-order valence-corrected chi connectivity index (χ4v) is 5.15. The molecule has 2 aromatic heterocycles. The highest BCUT2D eigenvalue weighted by Crippen LogP contribution is 2.31. The Bertz CT molecular complexity index is 1150. The number of hydrogen-bond acceptors (Lipinski definition) is 9. The van der Waals surface area contributed by atoms with Gasteiger partial charge in [-0.25, -0.2) is 19.8 Å². The van der Waals surface area contributed by atoms with Crippen LogP contribution in [0.1, 0.15) is 63.7 Å². The molecule has 1 fully saturated rings. The van der Waals surface area contributed by atoms with Crippen LogP contribution in [0.5, 0.6) is 0 Å².